The molecule has 1 N–H and O–H groups in total. The minimum absolute atomic E-state index is 0. The van der Waals surface area contributed by atoms with Crippen molar-refractivity contribution >= 4 is 22.8 Å². The van der Waals surface area contributed by atoms with Crippen LogP contribution >= 0.6 is 11.8 Å². The van der Waals surface area contributed by atoms with Gasteiger partial charge in [0, 0.05) is 17.6 Å². The molecule has 0 saturated carbocycles. The molecule has 0 aliphatic carbocycles. The van der Waals surface area contributed by atoms with Crippen molar-refractivity contribution in [2.24, 2.45) is 0 Å². The SMILES string of the molecule is C.C=C(C)C.C=C(C)C.CC(C)(CC(=O)SCCO)c1ccccc1.CCCOC(=O)CC(C)(C)c1ccccc1. The molecule has 0 aromatic heterocycles. The third-order valence-electron chi connectivity index (χ3n) is 5.10. The monoisotopic (exact) mass is 586 g/mol. The van der Waals surface area contributed by atoms with Crippen LogP contribution in [0.5, 0.6) is 0 Å². The number of rotatable bonds is 10. The highest BCUT2D eigenvalue weighted by Crippen LogP contribution is 2.29. The van der Waals surface area contributed by atoms with Crippen molar-refractivity contribution in [2.45, 2.75) is 99.8 Å². The van der Waals surface area contributed by atoms with Crippen LogP contribution in [0.3, 0.4) is 0 Å². The van der Waals surface area contributed by atoms with Crippen LogP contribution in [0.15, 0.2) is 85.0 Å². The van der Waals surface area contributed by atoms with E-state index in [4.69, 9.17) is 9.84 Å². The number of thioether (sulfide) groups is 1. The topological polar surface area (TPSA) is 63.6 Å². The van der Waals surface area contributed by atoms with Gasteiger partial charge in [-0.05, 0) is 50.7 Å². The molecule has 0 unspecified atom stereocenters. The summed E-state index contributed by atoms with van der Waals surface area (Å²) in [7, 11) is 0. The van der Waals surface area contributed by atoms with E-state index in [1.54, 1.807) is 0 Å². The van der Waals surface area contributed by atoms with Crippen LogP contribution < -0.4 is 0 Å². The number of hydrogen-bond acceptors (Lipinski definition) is 5. The van der Waals surface area contributed by atoms with Crippen LogP contribution in [0.1, 0.15) is 100 Å². The smallest absolute Gasteiger partial charge is 0.306 e. The Morgan fingerprint density at radius 2 is 1.15 bits per heavy atom. The van der Waals surface area contributed by atoms with Gasteiger partial charge in [0.1, 0.15) is 0 Å². The van der Waals surface area contributed by atoms with E-state index in [2.05, 4.69) is 40.9 Å². The number of benzene rings is 2. The fourth-order valence-electron chi connectivity index (χ4n) is 3.18. The summed E-state index contributed by atoms with van der Waals surface area (Å²) in [5.74, 6) is 0.375. The normalized spacial score (nSPS) is 10.1. The number of esters is 1. The molecule has 41 heavy (non-hydrogen) atoms. The van der Waals surface area contributed by atoms with Crippen LogP contribution in [-0.4, -0.2) is 35.2 Å². The Morgan fingerprint density at radius 3 is 1.49 bits per heavy atom. The molecular weight excluding hydrogens is 528 g/mol. The van der Waals surface area contributed by atoms with Crippen molar-refractivity contribution in [3.63, 3.8) is 0 Å². The summed E-state index contributed by atoms with van der Waals surface area (Å²) in [5, 5.41) is 8.80. The second-order valence-electron chi connectivity index (χ2n) is 11.4. The Hall–Kier alpha value is -2.63. The zero-order chi connectivity index (χ0) is 31.2. The van der Waals surface area contributed by atoms with Gasteiger partial charge in [0.05, 0.1) is 19.6 Å². The molecule has 0 spiro atoms. The van der Waals surface area contributed by atoms with Gasteiger partial charge in [0.2, 0.25) is 0 Å². The summed E-state index contributed by atoms with van der Waals surface area (Å²) in [6, 6.07) is 20.1. The molecule has 5 heteroatoms. The van der Waals surface area contributed by atoms with Gasteiger partial charge in [0.25, 0.3) is 0 Å². The summed E-state index contributed by atoms with van der Waals surface area (Å²) in [4.78, 5) is 23.2. The molecule has 2 aromatic rings. The highest BCUT2D eigenvalue weighted by Gasteiger charge is 2.25. The van der Waals surface area contributed by atoms with Gasteiger partial charge in [-0.2, -0.15) is 0 Å². The van der Waals surface area contributed by atoms with Gasteiger partial charge in [-0.3, -0.25) is 9.59 Å². The molecule has 4 nitrogen and oxygen atoms in total. The maximum absolute atomic E-state index is 11.6. The second kappa shape index (κ2) is 24.0. The number of carbonyl (C=O) groups excluding carboxylic acids is 2. The van der Waals surface area contributed by atoms with Crippen molar-refractivity contribution in [2.75, 3.05) is 19.0 Å². The third kappa shape index (κ3) is 24.9. The van der Waals surface area contributed by atoms with E-state index in [-0.39, 0.29) is 35.9 Å². The van der Waals surface area contributed by atoms with E-state index in [9.17, 15) is 9.59 Å². The number of aliphatic hydroxyl groups is 1. The van der Waals surface area contributed by atoms with Crippen molar-refractivity contribution in [3.8, 4) is 0 Å². The molecule has 0 saturated heterocycles. The molecular formula is C36H58O4S. The number of hydrogen-bond donors (Lipinski definition) is 1. The predicted octanol–water partition coefficient (Wildman–Crippen LogP) is 9.71. The molecule has 0 bridgehead atoms. The molecule has 0 radical (unpaired) electrons. The summed E-state index contributed by atoms with van der Waals surface area (Å²) >= 11 is 1.21. The minimum atomic E-state index is -0.161. The highest BCUT2D eigenvalue weighted by molar-refractivity contribution is 8.13. The number of allylic oxidation sites excluding steroid dienone is 2. The van der Waals surface area contributed by atoms with Crippen molar-refractivity contribution in [1.29, 1.82) is 0 Å². The van der Waals surface area contributed by atoms with Crippen LogP contribution in [-0.2, 0) is 25.2 Å². The van der Waals surface area contributed by atoms with Gasteiger partial charge in [-0.25, -0.2) is 0 Å². The molecule has 0 fully saturated rings. The third-order valence-corrected chi connectivity index (χ3v) is 5.96. The Morgan fingerprint density at radius 1 is 0.780 bits per heavy atom. The van der Waals surface area contributed by atoms with E-state index in [0.29, 0.717) is 25.2 Å². The zero-order valence-electron chi connectivity index (χ0n) is 26.5. The Balaban J connectivity index is -0.000000548. The quantitative estimate of drug-likeness (QED) is 0.222. The molecule has 232 valence electrons. The first-order chi connectivity index (χ1) is 18.6. The number of ether oxygens (including phenoxy) is 1. The minimum Gasteiger partial charge on any atom is -0.466 e. The first-order valence-electron chi connectivity index (χ1n) is 13.9. The van der Waals surface area contributed by atoms with Gasteiger partial charge in [0.15, 0.2) is 5.12 Å². The van der Waals surface area contributed by atoms with Crippen LogP contribution in [0.4, 0.5) is 0 Å². The van der Waals surface area contributed by atoms with Gasteiger partial charge >= 0.3 is 5.97 Å². The predicted molar refractivity (Wildman–Crippen MR) is 182 cm³/mol. The highest BCUT2D eigenvalue weighted by atomic mass is 32.2. The summed E-state index contributed by atoms with van der Waals surface area (Å²) in [6.07, 6.45) is 1.80. The van der Waals surface area contributed by atoms with Gasteiger partial charge < -0.3 is 9.84 Å². The van der Waals surface area contributed by atoms with Gasteiger partial charge in [-0.1, -0.05) is 126 Å². The van der Waals surface area contributed by atoms with Crippen molar-refractivity contribution < 1.29 is 19.4 Å². The first-order valence-corrected chi connectivity index (χ1v) is 14.8. The first kappa shape index (κ1) is 42.8. The zero-order valence-corrected chi connectivity index (χ0v) is 27.3. The lowest BCUT2D eigenvalue weighted by molar-refractivity contribution is -0.144. The van der Waals surface area contributed by atoms with Crippen LogP contribution in [0.25, 0.3) is 0 Å². The maximum Gasteiger partial charge on any atom is 0.306 e. The fourth-order valence-corrected chi connectivity index (χ4v) is 3.96. The van der Waals surface area contributed by atoms with Gasteiger partial charge in [-0.15, -0.1) is 13.2 Å². The average Bonchev–Trinajstić information content (AvgIpc) is 2.86. The van der Waals surface area contributed by atoms with E-state index < -0.39 is 0 Å². The molecule has 0 amide bonds. The summed E-state index contributed by atoms with van der Waals surface area (Å²) < 4.78 is 5.11. The Labute approximate surface area is 256 Å². The van der Waals surface area contributed by atoms with E-state index >= 15 is 0 Å². The summed E-state index contributed by atoms with van der Waals surface area (Å²) in [6.45, 7) is 25.8. The molecule has 0 heterocycles. The average molecular weight is 587 g/mol. The van der Waals surface area contributed by atoms with Crippen LogP contribution in [0.2, 0.25) is 0 Å². The standard InChI is InChI=1S/C14H20O2.C13H18O2S.2C4H8.CH4/c1-4-10-16-13(15)11-14(2,3)12-8-6-5-7-9-12;1-13(2,10-12(15)16-9-8-14)11-6-4-3-5-7-11;2*1-4(2)3;/h5-9H,4,10-11H2,1-3H3;3-7,14H,8-10H2,1-2H3;2*1H2,2-3H3;1H4. The number of carbonyl (C=O) groups is 2. The lowest BCUT2D eigenvalue weighted by atomic mass is 9.82. The number of aliphatic hydroxyl groups excluding tert-OH is 1. The molecule has 0 aliphatic rings. The lowest BCUT2D eigenvalue weighted by Crippen LogP contribution is -2.23. The Kier molecular flexibility index (Phi) is 25.1. The van der Waals surface area contributed by atoms with Crippen LogP contribution in [0, 0.1) is 0 Å². The van der Waals surface area contributed by atoms with Crippen molar-refractivity contribution in [3.05, 3.63) is 96.1 Å². The molecule has 2 rings (SSSR count). The Bertz CT molecular complexity index is 890. The lowest BCUT2D eigenvalue weighted by Gasteiger charge is -2.24. The van der Waals surface area contributed by atoms with E-state index in [1.807, 2.05) is 95.3 Å². The molecule has 0 atom stereocenters. The fraction of sp³-hybridized carbons (Fsp3) is 0.500. The van der Waals surface area contributed by atoms with E-state index in [1.165, 1.54) is 34.0 Å². The summed E-state index contributed by atoms with van der Waals surface area (Å²) in [5.41, 5.74) is 4.38. The molecule has 0 aliphatic heterocycles. The maximum atomic E-state index is 11.6. The van der Waals surface area contributed by atoms with E-state index in [0.717, 1.165) is 6.42 Å². The largest absolute Gasteiger partial charge is 0.466 e. The second-order valence-corrected chi connectivity index (χ2v) is 12.6. The molecule has 2 aromatic carbocycles. The van der Waals surface area contributed by atoms with Crippen molar-refractivity contribution in [1.82, 2.24) is 0 Å².